The van der Waals surface area contributed by atoms with Gasteiger partial charge in [0.25, 0.3) is 0 Å². The summed E-state index contributed by atoms with van der Waals surface area (Å²) in [7, 11) is 0. The second-order valence-corrected chi connectivity index (χ2v) is 5.93. The molecule has 0 atom stereocenters. The van der Waals surface area contributed by atoms with Crippen molar-refractivity contribution in [3.8, 4) is 11.8 Å². The zero-order valence-electron chi connectivity index (χ0n) is 13.5. The Balaban J connectivity index is 2.15. The Hall–Kier alpha value is -2.84. The second kappa shape index (κ2) is 6.96. The van der Waals surface area contributed by atoms with Gasteiger partial charge in [-0.25, -0.2) is 4.39 Å². The quantitative estimate of drug-likeness (QED) is 0.701. The molecule has 1 aromatic heterocycles. The zero-order chi connectivity index (χ0) is 18.0. The average Bonchev–Trinajstić information content (AvgIpc) is 2.60. The molecule has 2 aromatic carbocycles. The van der Waals surface area contributed by atoms with E-state index >= 15 is 0 Å². The molecule has 1 heterocycles. The van der Waals surface area contributed by atoms with Gasteiger partial charge < -0.3 is 10.5 Å². The summed E-state index contributed by atoms with van der Waals surface area (Å²) in [6, 6.07) is 10.2. The third kappa shape index (κ3) is 3.35. The Morgan fingerprint density at radius 1 is 1.32 bits per heavy atom. The Morgan fingerprint density at radius 2 is 2.12 bits per heavy atom. The lowest BCUT2D eigenvalue weighted by atomic mass is 9.96. The van der Waals surface area contributed by atoms with E-state index in [4.69, 9.17) is 22.1 Å². The largest absolute Gasteiger partial charge is 0.492 e. The van der Waals surface area contributed by atoms with Crippen LogP contribution in [0.15, 0.2) is 36.5 Å². The van der Waals surface area contributed by atoms with Crippen LogP contribution >= 0.6 is 11.6 Å². The Bertz CT molecular complexity index is 998. The molecule has 0 amide bonds. The van der Waals surface area contributed by atoms with E-state index in [1.54, 1.807) is 24.3 Å². The molecule has 0 unspecified atom stereocenters. The summed E-state index contributed by atoms with van der Waals surface area (Å²) in [4.78, 5) is 4.33. The van der Waals surface area contributed by atoms with Crippen LogP contribution < -0.4 is 10.5 Å². The van der Waals surface area contributed by atoms with E-state index in [0.717, 1.165) is 16.5 Å². The topological polar surface area (TPSA) is 71.9 Å². The summed E-state index contributed by atoms with van der Waals surface area (Å²) in [5, 5.41) is 10.2. The zero-order valence-corrected chi connectivity index (χ0v) is 14.3. The first-order valence-electron chi connectivity index (χ1n) is 7.71. The maximum atomic E-state index is 13.4. The minimum Gasteiger partial charge on any atom is -0.492 e. The molecule has 6 heteroatoms. The van der Waals surface area contributed by atoms with Crippen LogP contribution in [0.1, 0.15) is 23.6 Å². The lowest BCUT2D eigenvalue weighted by molar-refractivity contribution is 0.342. The minimum atomic E-state index is -0.476. The van der Waals surface area contributed by atoms with Gasteiger partial charge in [0.2, 0.25) is 0 Å². The summed E-state index contributed by atoms with van der Waals surface area (Å²) < 4.78 is 18.9. The van der Waals surface area contributed by atoms with Crippen molar-refractivity contribution >= 4 is 28.2 Å². The van der Waals surface area contributed by atoms with Crippen LogP contribution in [0.3, 0.4) is 0 Å². The SMILES string of the molecule is CCOc1cc2ncc(C#N)c(Cc3ccc(F)c(Cl)c3)c2cc1N. The Morgan fingerprint density at radius 3 is 2.80 bits per heavy atom. The number of nitrogen functional groups attached to an aromatic ring is 1. The van der Waals surface area contributed by atoms with E-state index in [1.807, 2.05) is 6.92 Å². The van der Waals surface area contributed by atoms with E-state index in [1.165, 1.54) is 12.3 Å². The molecule has 3 aromatic rings. The van der Waals surface area contributed by atoms with Crippen molar-refractivity contribution in [1.29, 1.82) is 5.26 Å². The number of anilines is 1. The summed E-state index contributed by atoms with van der Waals surface area (Å²) in [5.41, 5.74) is 9.23. The van der Waals surface area contributed by atoms with Gasteiger partial charge in [-0.1, -0.05) is 17.7 Å². The summed E-state index contributed by atoms with van der Waals surface area (Å²) in [6.45, 7) is 2.37. The summed E-state index contributed by atoms with van der Waals surface area (Å²) in [6.07, 6.45) is 1.93. The molecular formula is C19H15ClFN3O. The highest BCUT2D eigenvalue weighted by atomic mass is 35.5. The van der Waals surface area contributed by atoms with E-state index in [9.17, 15) is 9.65 Å². The van der Waals surface area contributed by atoms with Gasteiger partial charge in [-0.05, 0) is 42.7 Å². The third-order valence-corrected chi connectivity index (χ3v) is 4.19. The van der Waals surface area contributed by atoms with E-state index in [2.05, 4.69) is 11.1 Å². The first kappa shape index (κ1) is 17.0. The highest BCUT2D eigenvalue weighted by Gasteiger charge is 2.13. The van der Waals surface area contributed by atoms with Crippen molar-refractivity contribution in [1.82, 2.24) is 4.98 Å². The molecule has 3 rings (SSSR count). The van der Waals surface area contributed by atoms with Crippen LogP contribution in [0.4, 0.5) is 10.1 Å². The molecule has 2 N–H and O–H groups in total. The van der Waals surface area contributed by atoms with Gasteiger partial charge in [-0.2, -0.15) is 5.26 Å². The molecule has 0 bridgehead atoms. The maximum absolute atomic E-state index is 13.4. The summed E-state index contributed by atoms with van der Waals surface area (Å²) >= 11 is 5.86. The van der Waals surface area contributed by atoms with Crippen LogP contribution in [-0.4, -0.2) is 11.6 Å². The van der Waals surface area contributed by atoms with E-state index in [-0.39, 0.29) is 5.02 Å². The first-order valence-corrected chi connectivity index (χ1v) is 8.09. The van der Waals surface area contributed by atoms with Crippen molar-refractivity contribution in [2.24, 2.45) is 0 Å². The van der Waals surface area contributed by atoms with E-state index in [0.29, 0.717) is 35.5 Å². The molecular weight excluding hydrogens is 341 g/mol. The van der Waals surface area contributed by atoms with Gasteiger partial charge in [-0.15, -0.1) is 0 Å². The fraction of sp³-hybridized carbons (Fsp3) is 0.158. The van der Waals surface area contributed by atoms with Crippen molar-refractivity contribution in [2.45, 2.75) is 13.3 Å². The van der Waals surface area contributed by atoms with Crippen molar-refractivity contribution in [2.75, 3.05) is 12.3 Å². The number of ether oxygens (including phenoxy) is 1. The number of nitriles is 1. The number of fused-ring (bicyclic) bond motifs is 1. The molecule has 0 aliphatic rings. The van der Waals surface area contributed by atoms with Crippen molar-refractivity contribution in [3.63, 3.8) is 0 Å². The number of rotatable bonds is 4. The normalized spacial score (nSPS) is 10.6. The highest BCUT2D eigenvalue weighted by Crippen LogP contribution is 2.31. The summed E-state index contributed by atoms with van der Waals surface area (Å²) in [5.74, 6) is 0.0825. The van der Waals surface area contributed by atoms with Gasteiger partial charge in [0, 0.05) is 17.6 Å². The molecule has 4 nitrogen and oxygen atoms in total. The van der Waals surface area contributed by atoms with Crippen molar-refractivity contribution in [3.05, 3.63) is 64.1 Å². The predicted octanol–water partition coefficient (Wildman–Crippen LogP) is 4.47. The maximum Gasteiger partial charge on any atom is 0.144 e. The van der Waals surface area contributed by atoms with Crippen LogP contribution in [0.5, 0.6) is 5.75 Å². The number of halogens is 2. The van der Waals surface area contributed by atoms with Gasteiger partial charge in [0.15, 0.2) is 0 Å². The van der Waals surface area contributed by atoms with Crippen LogP contribution in [-0.2, 0) is 6.42 Å². The number of hydrogen-bond donors (Lipinski definition) is 1. The number of hydrogen-bond acceptors (Lipinski definition) is 4. The molecule has 0 fully saturated rings. The van der Waals surface area contributed by atoms with Crippen LogP contribution in [0.2, 0.25) is 5.02 Å². The molecule has 0 radical (unpaired) electrons. The van der Waals surface area contributed by atoms with Crippen LogP contribution in [0.25, 0.3) is 10.9 Å². The third-order valence-electron chi connectivity index (χ3n) is 3.90. The number of benzene rings is 2. The van der Waals surface area contributed by atoms with E-state index < -0.39 is 5.82 Å². The van der Waals surface area contributed by atoms with Crippen LogP contribution in [0, 0.1) is 17.1 Å². The van der Waals surface area contributed by atoms with Gasteiger partial charge in [0.1, 0.15) is 17.6 Å². The molecule has 0 aliphatic heterocycles. The Kier molecular flexibility index (Phi) is 4.73. The first-order chi connectivity index (χ1) is 12.0. The standard InChI is InChI=1S/C19H15ClFN3O/c1-2-25-19-8-18-14(7-17(19)23)13(12(9-22)10-24-18)5-11-3-4-16(21)15(20)6-11/h3-4,6-8,10H,2,5,23H2,1H3. The molecule has 25 heavy (non-hydrogen) atoms. The molecule has 0 saturated carbocycles. The highest BCUT2D eigenvalue weighted by molar-refractivity contribution is 6.30. The minimum absolute atomic E-state index is 0.0486. The Labute approximate surface area is 149 Å². The monoisotopic (exact) mass is 355 g/mol. The van der Waals surface area contributed by atoms with Crippen molar-refractivity contribution < 1.29 is 9.13 Å². The lowest BCUT2D eigenvalue weighted by Crippen LogP contribution is -2.01. The molecule has 0 aliphatic carbocycles. The van der Waals surface area contributed by atoms with Gasteiger partial charge in [0.05, 0.1) is 28.4 Å². The molecule has 126 valence electrons. The second-order valence-electron chi connectivity index (χ2n) is 5.53. The smallest absolute Gasteiger partial charge is 0.144 e. The number of nitrogens with two attached hydrogens (primary N) is 1. The number of nitrogens with zero attached hydrogens (tertiary/aromatic N) is 2. The van der Waals surface area contributed by atoms with Gasteiger partial charge in [-0.3, -0.25) is 4.98 Å². The fourth-order valence-electron chi connectivity index (χ4n) is 2.71. The fourth-order valence-corrected chi connectivity index (χ4v) is 2.92. The average molecular weight is 356 g/mol. The number of pyridine rings is 1. The predicted molar refractivity (Wildman–Crippen MR) is 96.3 cm³/mol. The lowest BCUT2D eigenvalue weighted by Gasteiger charge is -2.12. The molecule has 0 saturated heterocycles. The molecule has 0 spiro atoms. The number of aromatic nitrogens is 1. The van der Waals surface area contributed by atoms with Gasteiger partial charge >= 0.3 is 0 Å².